The van der Waals surface area contributed by atoms with Crippen LogP contribution >= 0.6 is 0 Å². The summed E-state index contributed by atoms with van der Waals surface area (Å²) in [6, 6.07) is 0. The molecule has 17 heavy (non-hydrogen) atoms. The Morgan fingerprint density at radius 3 is 2.53 bits per heavy atom. The van der Waals surface area contributed by atoms with Crippen LogP contribution in [0.4, 0.5) is 0 Å². The van der Waals surface area contributed by atoms with Crippen LogP contribution in [-0.4, -0.2) is 29.2 Å². The Balaban J connectivity index is 1.98. The molecule has 0 aromatic carbocycles. The molecule has 94 valence electrons. The molecule has 1 aromatic rings. The summed E-state index contributed by atoms with van der Waals surface area (Å²) >= 11 is 0. The van der Waals surface area contributed by atoms with Crippen LogP contribution in [0.3, 0.4) is 0 Å². The van der Waals surface area contributed by atoms with Gasteiger partial charge in [0.2, 0.25) is 0 Å². The van der Waals surface area contributed by atoms with Gasteiger partial charge in [0.25, 0.3) is 0 Å². The minimum absolute atomic E-state index is 0.00900. The van der Waals surface area contributed by atoms with Gasteiger partial charge >= 0.3 is 0 Å². The molecule has 0 radical (unpaired) electrons. The van der Waals surface area contributed by atoms with Gasteiger partial charge in [-0.25, -0.2) is 9.97 Å². The van der Waals surface area contributed by atoms with Gasteiger partial charge in [-0.1, -0.05) is 20.8 Å². The van der Waals surface area contributed by atoms with Crippen LogP contribution in [0.25, 0.3) is 0 Å². The number of ether oxygens (including phenoxy) is 1. The van der Waals surface area contributed by atoms with Crippen LogP contribution in [0, 0.1) is 0 Å². The van der Waals surface area contributed by atoms with E-state index < -0.39 is 0 Å². The average Bonchev–Trinajstić information content (AvgIpc) is 2.30. The van der Waals surface area contributed by atoms with Crippen molar-refractivity contribution in [1.29, 1.82) is 0 Å². The third-order valence-electron chi connectivity index (χ3n) is 2.85. The maximum absolute atomic E-state index is 5.84. The molecule has 1 N–H and O–H groups in total. The van der Waals surface area contributed by atoms with Gasteiger partial charge in [0.05, 0.1) is 12.4 Å². The lowest BCUT2D eigenvalue weighted by atomic mass is 9.96. The first-order valence-electron chi connectivity index (χ1n) is 6.25. The van der Waals surface area contributed by atoms with Gasteiger partial charge in [-0.2, -0.15) is 0 Å². The molecule has 1 fully saturated rings. The number of nitrogens with one attached hydrogen (secondary N) is 1. The van der Waals surface area contributed by atoms with Crippen molar-refractivity contribution in [2.24, 2.45) is 0 Å². The summed E-state index contributed by atoms with van der Waals surface area (Å²) in [7, 11) is 0. The molecule has 1 aromatic heterocycles. The summed E-state index contributed by atoms with van der Waals surface area (Å²) in [5.74, 6) is 1.62. The smallest absolute Gasteiger partial charge is 0.156 e. The largest absolute Gasteiger partial charge is 0.486 e. The molecule has 0 bridgehead atoms. The van der Waals surface area contributed by atoms with Crippen molar-refractivity contribution < 1.29 is 4.74 Å². The summed E-state index contributed by atoms with van der Waals surface area (Å²) in [6.07, 6.45) is 6.09. The topological polar surface area (TPSA) is 47.0 Å². The Hall–Kier alpha value is -1.16. The molecule has 1 saturated heterocycles. The van der Waals surface area contributed by atoms with Crippen LogP contribution in [0.15, 0.2) is 12.4 Å². The zero-order valence-corrected chi connectivity index (χ0v) is 10.9. The van der Waals surface area contributed by atoms with Gasteiger partial charge in [-0.15, -0.1) is 0 Å². The summed E-state index contributed by atoms with van der Waals surface area (Å²) in [4.78, 5) is 8.72. The minimum Gasteiger partial charge on any atom is -0.486 e. The molecule has 2 heterocycles. The number of piperidine rings is 1. The Kier molecular flexibility index (Phi) is 3.62. The highest BCUT2D eigenvalue weighted by atomic mass is 16.5. The van der Waals surface area contributed by atoms with Gasteiger partial charge in [0.1, 0.15) is 11.9 Å². The van der Waals surface area contributed by atoms with Crippen molar-refractivity contribution in [3.8, 4) is 5.75 Å². The van der Waals surface area contributed by atoms with Gasteiger partial charge < -0.3 is 10.1 Å². The van der Waals surface area contributed by atoms with Crippen LogP contribution in [0.2, 0.25) is 0 Å². The summed E-state index contributed by atoms with van der Waals surface area (Å²) in [5.41, 5.74) is -0.00900. The van der Waals surface area contributed by atoms with Gasteiger partial charge in [-0.3, -0.25) is 0 Å². The first kappa shape index (κ1) is 12.3. The van der Waals surface area contributed by atoms with Crippen LogP contribution in [0.5, 0.6) is 5.75 Å². The molecule has 1 unspecified atom stereocenters. The monoisotopic (exact) mass is 235 g/mol. The SMILES string of the molecule is CC(C)(C)c1ncc(OC2CCCNC2)cn1. The van der Waals surface area contributed by atoms with E-state index in [4.69, 9.17) is 4.74 Å². The van der Waals surface area contributed by atoms with E-state index in [9.17, 15) is 0 Å². The number of nitrogens with zero attached hydrogens (tertiary/aromatic N) is 2. The van der Waals surface area contributed by atoms with Gasteiger partial charge in [0.15, 0.2) is 5.75 Å². The first-order valence-corrected chi connectivity index (χ1v) is 6.25. The number of hydrogen-bond acceptors (Lipinski definition) is 4. The zero-order valence-electron chi connectivity index (χ0n) is 10.9. The quantitative estimate of drug-likeness (QED) is 0.850. The zero-order chi connectivity index (χ0) is 12.3. The molecule has 2 rings (SSSR count). The maximum atomic E-state index is 5.84. The highest BCUT2D eigenvalue weighted by Crippen LogP contribution is 2.20. The molecular formula is C13H21N3O. The van der Waals surface area contributed by atoms with Crippen LogP contribution < -0.4 is 10.1 Å². The third-order valence-corrected chi connectivity index (χ3v) is 2.85. The van der Waals surface area contributed by atoms with Crippen LogP contribution in [-0.2, 0) is 5.41 Å². The Morgan fingerprint density at radius 1 is 1.29 bits per heavy atom. The van der Waals surface area contributed by atoms with E-state index in [1.165, 1.54) is 6.42 Å². The fourth-order valence-corrected chi connectivity index (χ4v) is 1.88. The molecule has 1 atom stereocenters. The van der Waals surface area contributed by atoms with E-state index in [-0.39, 0.29) is 11.5 Å². The van der Waals surface area contributed by atoms with E-state index in [1.54, 1.807) is 12.4 Å². The van der Waals surface area contributed by atoms with Crippen molar-refractivity contribution in [1.82, 2.24) is 15.3 Å². The molecule has 0 aliphatic carbocycles. The fraction of sp³-hybridized carbons (Fsp3) is 0.692. The highest BCUT2D eigenvalue weighted by molar-refractivity contribution is 5.15. The predicted octanol–water partition coefficient (Wildman–Crippen LogP) is 1.90. The van der Waals surface area contributed by atoms with E-state index in [2.05, 4.69) is 36.1 Å². The lowest BCUT2D eigenvalue weighted by Gasteiger charge is -2.24. The molecule has 0 saturated carbocycles. The predicted molar refractivity (Wildman–Crippen MR) is 67.3 cm³/mol. The molecule has 0 spiro atoms. The first-order chi connectivity index (χ1) is 8.05. The molecule has 4 heteroatoms. The third kappa shape index (κ3) is 3.40. The van der Waals surface area contributed by atoms with Crippen molar-refractivity contribution in [2.75, 3.05) is 13.1 Å². The van der Waals surface area contributed by atoms with Crippen molar-refractivity contribution in [3.05, 3.63) is 18.2 Å². The molecule has 1 aliphatic heterocycles. The summed E-state index contributed by atoms with van der Waals surface area (Å²) in [6.45, 7) is 8.33. The molecule has 0 amide bonds. The number of hydrogen-bond donors (Lipinski definition) is 1. The molecule has 1 aliphatic rings. The van der Waals surface area contributed by atoms with Gasteiger partial charge in [0, 0.05) is 12.0 Å². The van der Waals surface area contributed by atoms with Gasteiger partial charge in [-0.05, 0) is 19.4 Å². The number of rotatable bonds is 2. The van der Waals surface area contributed by atoms with Crippen molar-refractivity contribution in [3.63, 3.8) is 0 Å². The molecule has 4 nitrogen and oxygen atoms in total. The highest BCUT2D eigenvalue weighted by Gasteiger charge is 2.18. The lowest BCUT2D eigenvalue weighted by Crippen LogP contribution is -2.37. The maximum Gasteiger partial charge on any atom is 0.156 e. The number of aromatic nitrogens is 2. The minimum atomic E-state index is -0.00900. The average molecular weight is 235 g/mol. The second-order valence-corrected chi connectivity index (χ2v) is 5.58. The van der Waals surface area contributed by atoms with E-state index in [1.807, 2.05) is 0 Å². The Morgan fingerprint density at radius 2 is 2.00 bits per heavy atom. The second kappa shape index (κ2) is 5.00. The Bertz CT molecular complexity index is 350. The summed E-state index contributed by atoms with van der Waals surface area (Å²) < 4.78 is 5.84. The van der Waals surface area contributed by atoms with E-state index in [0.29, 0.717) is 0 Å². The fourth-order valence-electron chi connectivity index (χ4n) is 1.88. The van der Waals surface area contributed by atoms with E-state index >= 15 is 0 Å². The van der Waals surface area contributed by atoms with Crippen LogP contribution in [0.1, 0.15) is 39.4 Å². The van der Waals surface area contributed by atoms with E-state index in [0.717, 1.165) is 31.1 Å². The molecular weight excluding hydrogens is 214 g/mol. The standard InChI is InChI=1S/C13H21N3O/c1-13(2,3)12-15-8-11(9-16-12)17-10-5-4-6-14-7-10/h8-10,14H,4-7H2,1-3H3. The lowest BCUT2D eigenvalue weighted by molar-refractivity contribution is 0.165. The normalized spacial score (nSPS) is 21.2. The summed E-state index contributed by atoms with van der Waals surface area (Å²) in [5, 5.41) is 3.32. The Labute approximate surface area is 103 Å². The second-order valence-electron chi connectivity index (χ2n) is 5.58. The van der Waals surface area contributed by atoms with Crippen molar-refractivity contribution >= 4 is 0 Å². The van der Waals surface area contributed by atoms with Crippen molar-refractivity contribution in [2.45, 2.75) is 45.1 Å².